The molecule has 0 radical (unpaired) electrons. The van der Waals surface area contributed by atoms with Gasteiger partial charge in [0, 0.05) is 35.9 Å². The Balaban J connectivity index is 2.00. The van der Waals surface area contributed by atoms with Crippen molar-refractivity contribution in [3.63, 3.8) is 0 Å². The third-order valence-corrected chi connectivity index (χ3v) is 5.34. The third-order valence-electron chi connectivity index (χ3n) is 5.34. The van der Waals surface area contributed by atoms with Crippen LogP contribution in [-0.2, 0) is 16.6 Å². The van der Waals surface area contributed by atoms with E-state index in [0.717, 1.165) is 23.3 Å². The molecule has 0 bridgehead atoms. The minimum absolute atomic E-state index is 0.0441. The number of aromatic nitrogens is 1. The molecule has 1 amide bonds. The molecule has 1 aliphatic rings. The maximum atomic E-state index is 12.5. The van der Waals surface area contributed by atoms with Crippen molar-refractivity contribution in [2.24, 2.45) is 0 Å². The average Bonchev–Trinajstić information content (AvgIpc) is 3.09. The largest absolute Gasteiger partial charge is 0.396 e. The SMILES string of the molecule is CC(C)(C)c1ccc(C(=C[C@H]2CCC(=O)N2)c2ccc(CCCO)c(=O)[nH]2)cc1. The van der Waals surface area contributed by atoms with Crippen LogP contribution in [0.15, 0.2) is 47.3 Å². The lowest BCUT2D eigenvalue weighted by Gasteiger charge is -2.20. The number of carbonyl (C=O) groups is 1. The van der Waals surface area contributed by atoms with E-state index in [9.17, 15) is 9.59 Å². The normalized spacial score (nSPS) is 17.4. The second kappa shape index (κ2) is 8.78. The lowest BCUT2D eigenvalue weighted by molar-refractivity contribution is -0.119. The smallest absolute Gasteiger partial charge is 0.251 e. The number of aryl methyl sites for hydroxylation is 1. The summed E-state index contributed by atoms with van der Waals surface area (Å²) >= 11 is 0. The number of carbonyl (C=O) groups excluding carboxylic acids is 1. The zero-order valence-corrected chi connectivity index (χ0v) is 17.4. The van der Waals surface area contributed by atoms with Crippen LogP contribution in [0.1, 0.15) is 62.4 Å². The van der Waals surface area contributed by atoms with E-state index in [1.54, 1.807) is 0 Å². The highest BCUT2D eigenvalue weighted by molar-refractivity contribution is 5.82. The van der Waals surface area contributed by atoms with E-state index in [-0.39, 0.29) is 29.5 Å². The number of hydrogen-bond acceptors (Lipinski definition) is 3. The minimum Gasteiger partial charge on any atom is -0.396 e. The molecule has 5 nitrogen and oxygen atoms in total. The Hall–Kier alpha value is -2.66. The molecule has 1 aliphatic heterocycles. The van der Waals surface area contributed by atoms with Gasteiger partial charge in [-0.05, 0) is 41.9 Å². The van der Waals surface area contributed by atoms with Gasteiger partial charge in [-0.3, -0.25) is 9.59 Å². The molecule has 0 saturated carbocycles. The zero-order chi connectivity index (χ0) is 21.0. The number of H-pyrrole nitrogens is 1. The maximum absolute atomic E-state index is 12.5. The molecule has 1 saturated heterocycles. The van der Waals surface area contributed by atoms with Crippen LogP contribution in [0.5, 0.6) is 0 Å². The Morgan fingerprint density at radius 3 is 2.41 bits per heavy atom. The number of aliphatic hydroxyl groups excluding tert-OH is 1. The van der Waals surface area contributed by atoms with Gasteiger partial charge in [0.15, 0.2) is 0 Å². The molecular formula is C24H30N2O3. The molecule has 29 heavy (non-hydrogen) atoms. The highest BCUT2D eigenvalue weighted by Gasteiger charge is 2.21. The van der Waals surface area contributed by atoms with Crippen LogP contribution in [-0.4, -0.2) is 28.6 Å². The van der Waals surface area contributed by atoms with E-state index in [0.29, 0.717) is 24.8 Å². The summed E-state index contributed by atoms with van der Waals surface area (Å²) < 4.78 is 0. The summed E-state index contributed by atoms with van der Waals surface area (Å²) in [5, 5.41) is 12.0. The average molecular weight is 395 g/mol. The third kappa shape index (κ3) is 5.24. The molecule has 3 N–H and O–H groups in total. The van der Waals surface area contributed by atoms with E-state index in [1.165, 1.54) is 5.56 Å². The summed E-state index contributed by atoms with van der Waals surface area (Å²) in [6.07, 6.45) is 4.42. The van der Waals surface area contributed by atoms with Crippen molar-refractivity contribution in [2.45, 2.75) is 57.9 Å². The number of rotatable bonds is 6. The highest BCUT2D eigenvalue weighted by Crippen LogP contribution is 2.28. The van der Waals surface area contributed by atoms with Crippen LogP contribution in [0.25, 0.3) is 5.57 Å². The van der Waals surface area contributed by atoms with Crippen molar-refractivity contribution in [1.29, 1.82) is 0 Å². The molecule has 1 aromatic heterocycles. The van der Waals surface area contributed by atoms with E-state index >= 15 is 0 Å². The first-order valence-corrected chi connectivity index (χ1v) is 10.2. The lowest BCUT2D eigenvalue weighted by Crippen LogP contribution is -2.24. The predicted molar refractivity (Wildman–Crippen MR) is 116 cm³/mol. The van der Waals surface area contributed by atoms with Gasteiger partial charge in [-0.2, -0.15) is 0 Å². The summed E-state index contributed by atoms with van der Waals surface area (Å²) in [7, 11) is 0. The highest BCUT2D eigenvalue weighted by atomic mass is 16.3. The molecule has 0 aliphatic carbocycles. The second-order valence-electron chi connectivity index (χ2n) is 8.67. The summed E-state index contributed by atoms with van der Waals surface area (Å²) in [5.74, 6) is 0.0570. The van der Waals surface area contributed by atoms with Gasteiger partial charge >= 0.3 is 0 Å². The Bertz CT molecular complexity index is 949. The Morgan fingerprint density at radius 2 is 1.86 bits per heavy atom. The number of benzene rings is 1. The van der Waals surface area contributed by atoms with E-state index in [1.807, 2.05) is 18.2 Å². The van der Waals surface area contributed by atoms with Crippen LogP contribution in [0.2, 0.25) is 0 Å². The van der Waals surface area contributed by atoms with Crippen LogP contribution >= 0.6 is 0 Å². The summed E-state index contributed by atoms with van der Waals surface area (Å²) in [4.78, 5) is 27.2. The zero-order valence-electron chi connectivity index (χ0n) is 17.4. The van der Waals surface area contributed by atoms with Crippen molar-refractivity contribution >= 4 is 11.5 Å². The van der Waals surface area contributed by atoms with E-state index in [2.05, 4.69) is 55.3 Å². The standard InChI is InChI=1S/C24H30N2O3/c1-24(2,3)18-9-6-16(7-10-18)20(15-19-11-13-22(28)25-19)21-12-8-17(5-4-14-27)23(29)26-21/h6-10,12,15,19,27H,4-5,11,13-14H2,1-3H3,(H,25,28)(H,26,29)/t19-/m1/s1. The topological polar surface area (TPSA) is 82.2 Å². The molecule has 1 aromatic carbocycles. The first-order chi connectivity index (χ1) is 13.8. The molecular weight excluding hydrogens is 364 g/mol. The summed E-state index contributed by atoms with van der Waals surface area (Å²) in [6.45, 7) is 6.59. The first-order valence-electron chi connectivity index (χ1n) is 10.2. The maximum Gasteiger partial charge on any atom is 0.251 e. The number of amides is 1. The van der Waals surface area contributed by atoms with Crippen LogP contribution < -0.4 is 10.9 Å². The molecule has 2 aromatic rings. The molecule has 0 spiro atoms. The van der Waals surface area contributed by atoms with Gasteiger partial charge in [-0.15, -0.1) is 0 Å². The van der Waals surface area contributed by atoms with Crippen LogP contribution in [0, 0.1) is 0 Å². The van der Waals surface area contributed by atoms with Crippen molar-refractivity contribution in [3.8, 4) is 0 Å². The number of pyridine rings is 1. The Labute approximate surface area is 171 Å². The molecule has 5 heteroatoms. The minimum atomic E-state index is -0.136. The number of aliphatic hydroxyl groups is 1. The molecule has 1 atom stereocenters. The van der Waals surface area contributed by atoms with Crippen molar-refractivity contribution < 1.29 is 9.90 Å². The summed E-state index contributed by atoms with van der Waals surface area (Å²) in [5.41, 5.74) is 4.46. The van der Waals surface area contributed by atoms with Crippen molar-refractivity contribution in [1.82, 2.24) is 10.3 Å². The second-order valence-corrected chi connectivity index (χ2v) is 8.67. The monoisotopic (exact) mass is 394 g/mol. The van der Waals surface area contributed by atoms with Gasteiger partial charge in [0.1, 0.15) is 0 Å². The van der Waals surface area contributed by atoms with Gasteiger partial charge in [0.25, 0.3) is 5.56 Å². The fourth-order valence-electron chi connectivity index (χ4n) is 3.58. The number of hydrogen-bond donors (Lipinski definition) is 3. The molecule has 2 heterocycles. The Kier molecular flexibility index (Phi) is 6.38. The van der Waals surface area contributed by atoms with E-state index < -0.39 is 0 Å². The predicted octanol–water partition coefficient (Wildman–Crippen LogP) is 3.31. The lowest BCUT2D eigenvalue weighted by atomic mass is 9.86. The van der Waals surface area contributed by atoms with Gasteiger partial charge in [0.05, 0.1) is 0 Å². The van der Waals surface area contributed by atoms with Gasteiger partial charge < -0.3 is 15.4 Å². The number of aromatic amines is 1. The van der Waals surface area contributed by atoms with Gasteiger partial charge in [-0.1, -0.05) is 57.2 Å². The van der Waals surface area contributed by atoms with Gasteiger partial charge in [-0.25, -0.2) is 0 Å². The molecule has 3 rings (SSSR count). The molecule has 0 unspecified atom stereocenters. The van der Waals surface area contributed by atoms with Crippen LogP contribution in [0.3, 0.4) is 0 Å². The first kappa shape index (κ1) is 21.1. The summed E-state index contributed by atoms with van der Waals surface area (Å²) in [6, 6.07) is 12.1. The fraction of sp³-hybridized carbons (Fsp3) is 0.417. The quantitative estimate of drug-likeness (QED) is 0.703. The molecule has 154 valence electrons. The number of nitrogens with one attached hydrogen (secondary N) is 2. The van der Waals surface area contributed by atoms with Crippen molar-refractivity contribution in [3.05, 3.63) is 75.2 Å². The van der Waals surface area contributed by atoms with Crippen LogP contribution in [0.4, 0.5) is 0 Å². The van der Waals surface area contributed by atoms with Crippen molar-refractivity contribution in [2.75, 3.05) is 6.61 Å². The van der Waals surface area contributed by atoms with E-state index in [4.69, 9.17) is 5.11 Å². The van der Waals surface area contributed by atoms with Gasteiger partial charge in [0.2, 0.25) is 5.91 Å². The Morgan fingerprint density at radius 1 is 1.14 bits per heavy atom. The fourth-order valence-corrected chi connectivity index (χ4v) is 3.58. The molecule has 1 fully saturated rings.